The third-order valence-electron chi connectivity index (χ3n) is 2.51. The highest BCUT2D eigenvalue weighted by Crippen LogP contribution is 2.23. The van der Waals surface area contributed by atoms with Gasteiger partial charge in [-0.15, -0.1) is 0 Å². The molecule has 0 heterocycles. The minimum Gasteiger partial charge on any atom is -0.486 e. The molecule has 0 spiro atoms. The highest BCUT2D eigenvalue weighted by atomic mass is 79.9. The number of hydrogen-bond acceptors (Lipinski definition) is 2. The van der Waals surface area contributed by atoms with Crippen LogP contribution in [0, 0.1) is 11.6 Å². The van der Waals surface area contributed by atoms with Crippen LogP contribution in [0.15, 0.2) is 40.9 Å². The molecule has 0 N–H and O–H groups in total. The third-order valence-corrected chi connectivity index (χ3v) is 3.04. The van der Waals surface area contributed by atoms with E-state index in [1.165, 1.54) is 12.1 Å². The SMILES string of the molecule is O=Cc1ccc(OCc2ccc(Br)cc2)c(F)c1F. The van der Waals surface area contributed by atoms with Crippen LogP contribution in [-0.2, 0) is 6.61 Å². The van der Waals surface area contributed by atoms with Gasteiger partial charge in [0.05, 0.1) is 5.56 Å². The van der Waals surface area contributed by atoms with E-state index in [2.05, 4.69) is 15.9 Å². The predicted molar refractivity (Wildman–Crippen MR) is 70.2 cm³/mol. The number of ether oxygens (including phenoxy) is 1. The van der Waals surface area contributed by atoms with Crippen molar-refractivity contribution in [2.24, 2.45) is 0 Å². The zero-order valence-corrected chi connectivity index (χ0v) is 11.3. The van der Waals surface area contributed by atoms with Crippen LogP contribution >= 0.6 is 15.9 Å². The van der Waals surface area contributed by atoms with E-state index >= 15 is 0 Å². The fourth-order valence-corrected chi connectivity index (χ4v) is 1.76. The Labute approximate surface area is 117 Å². The maximum Gasteiger partial charge on any atom is 0.201 e. The first-order valence-electron chi connectivity index (χ1n) is 5.42. The minimum atomic E-state index is -1.19. The van der Waals surface area contributed by atoms with Gasteiger partial charge in [-0.1, -0.05) is 28.1 Å². The Hall–Kier alpha value is -1.75. The Kier molecular flexibility index (Phi) is 4.27. The highest BCUT2D eigenvalue weighted by molar-refractivity contribution is 9.10. The molecular weight excluding hydrogens is 318 g/mol. The molecule has 0 aromatic heterocycles. The molecule has 5 heteroatoms. The zero-order chi connectivity index (χ0) is 13.8. The molecule has 98 valence electrons. The van der Waals surface area contributed by atoms with Gasteiger partial charge < -0.3 is 4.74 Å². The average Bonchev–Trinajstić information content (AvgIpc) is 2.42. The second kappa shape index (κ2) is 5.93. The van der Waals surface area contributed by atoms with Crippen LogP contribution in [-0.4, -0.2) is 6.29 Å². The number of aldehydes is 1. The van der Waals surface area contributed by atoms with Crippen LogP contribution in [0.1, 0.15) is 15.9 Å². The molecule has 2 aromatic carbocycles. The summed E-state index contributed by atoms with van der Waals surface area (Å²) in [6.07, 6.45) is 0.261. The van der Waals surface area contributed by atoms with Crippen LogP contribution in [0.5, 0.6) is 5.75 Å². The number of carbonyl (C=O) groups excluding carboxylic acids is 1. The van der Waals surface area contributed by atoms with Gasteiger partial charge in [0.15, 0.2) is 17.9 Å². The van der Waals surface area contributed by atoms with Gasteiger partial charge in [-0.3, -0.25) is 4.79 Å². The molecule has 2 rings (SSSR count). The number of benzene rings is 2. The average molecular weight is 327 g/mol. The van der Waals surface area contributed by atoms with Crippen LogP contribution in [0.4, 0.5) is 8.78 Å². The van der Waals surface area contributed by atoms with Gasteiger partial charge in [-0.05, 0) is 29.8 Å². The van der Waals surface area contributed by atoms with Crippen molar-refractivity contribution >= 4 is 22.2 Å². The lowest BCUT2D eigenvalue weighted by Gasteiger charge is -2.08. The van der Waals surface area contributed by atoms with Gasteiger partial charge in [0, 0.05) is 4.47 Å². The number of carbonyl (C=O) groups is 1. The Morgan fingerprint density at radius 1 is 1.05 bits per heavy atom. The van der Waals surface area contributed by atoms with Crippen LogP contribution in [0.25, 0.3) is 0 Å². The van der Waals surface area contributed by atoms with E-state index in [0.717, 1.165) is 10.0 Å². The molecule has 0 aliphatic heterocycles. The number of hydrogen-bond donors (Lipinski definition) is 0. The van der Waals surface area contributed by atoms with Crippen molar-refractivity contribution < 1.29 is 18.3 Å². The van der Waals surface area contributed by atoms with Gasteiger partial charge >= 0.3 is 0 Å². The maximum absolute atomic E-state index is 13.5. The zero-order valence-electron chi connectivity index (χ0n) is 9.70. The molecule has 0 saturated heterocycles. The molecule has 0 unspecified atom stereocenters. The Balaban J connectivity index is 2.14. The topological polar surface area (TPSA) is 26.3 Å². The maximum atomic E-state index is 13.5. The lowest BCUT2D eigenvalue weighted by molar-refractivity contribution is 0.111. The Morgan fingerprint density at radius 3 is 2.37 bits per heavy atom. The van der Waals surface area contributed by atoms with Crippen molar-refractivity contribution in [2.45, 2.75) is 6.61 Å². The van der Waals surface area contributed by atoms with Crippen molar-refractivity contribution in [2.75, 3.05) is 0 Å². The van der Waals surface area contributed by atoms with Crippen molar-refractivity contribution in [3.05, 3.63) is 63.6 Å². The summed E-state index contributed by atoms with van der Waals surface area (Å²) in [5.41, 5.74) is 0.496. The summed E-state index contributed by atoms with van der Waals surface area (Å²) >= 11 is 3.30. The molecule has 0 fully saturated rings. The molecule has 0 atom stereocenters. The second-order valence-electron chi connectivity index (χ2n) is 3.81. The molecule has 0 bridgehead atoms. The first-order valence-corrected chi connectivity index (χ1v) is 6.21. The van der Waals surface area contributed by atoms with E-state index in [1.54, 1.807) is 12.1 Å². The van der Waals surface area contributed by atoms with E-state index < -0.39 is 11.6 Å². The summed E-state index contributed by atoms with van der Waals surface area (Å²) < 4.78 is 33.0. The van der Waals surface area contributed by atoms with Crippen molar-refractivity contribution in [1.82, 2.24) is 0 Å². The molecule has 19 heavy (non-hydrogen) atoms. The standard InChI is InChI=1S/C14H9BrF2O2/c15-11-4-1-9(2-5-11)8-19-12-6-3-10(7-18)13(16)14(12)17/h1-7H,8H2. The summed E-state index contributed by atoms with van der Waals surface area (Å²) in [5.74, 6) is -2.56. The van der Waals surface area contributed by atoms with Gasteiger partial charge in [-0.2, -0.15) is 4.39 Å². The van der Waals surface area contributed by atoms with E-state index in [1.807, 2.05) is 12.1 Å². The van der Waals surface area contributed by atoms with E-state index in [9.17, 15) is 13.6 Å². The normalized spacial score (nSPS) is 10.3. The summed E-state index contributed by atoms with van der Waals surface area (Å²) in [7, 11) is 0. The molecular formula is C14H9BrF2O2. The quantitative estimate of drug-likeness (QED) is 0.790. The summed E-state index contributed by atoms with van der Waals surface area (Å²) in [6, 6.07) is 9.68. The largest absolute Gasteiger partial charge is 0.486 e. The highest BCUT2D eigenvalue weighted by Gasteiger charge is 2.13. The summed E-state index contributed by atoms with van der Waals surface area (Å²) in [4.78, 5) is 10.5. The van der Waals surface area contributed by atoms with E-state index in [4.69, 9.17) is 4.74 Å². The fraction of sp³-hybridized carbons (Fsp3) is 0.0714. The van der Waals surface area contributed by atoms with E-state index in [-0.39, 0.29) is 24.2 Å². The molecule has 0 aliphatic carbocycles. The van der Waals surface area contributed by atoms with Crippen molar-refractivity contribution in [3.8, 4) is 5.75 Å². The smallest absolute Gasteiger partial charge is 0.201 e. The van der Waals surface area contributed by atoms with Gasteiger partial charge in [-0.25, -0.2) is 4.39 Å². The first kappa shape index (κ1) is 13.7. The van der Waals surface area contributed by atoms with Crippen molar-refractivity contribution in [3.63, 3.8) is 0 Å². The molecule has 2 nitrogen and oxygen atoms in total. The van der Waals surface area contributed by atoms with Gasteiger partial charge in [0.2, 0.25) is 5.82 Å². The Morgan fingerprint density at radius 2 is 1.74 bits per heavy atom. The summed E-state index contributed by atoms with van der Waals surface area (Å²) in [6.45, 7) is 0.115. The molecule has 0 aliphatic rings. The first-order chi connectivity index (χ1) is 9.11. The molecule has 2 aromatic rings. The van der Waals surface area contributed by atoms with Gasteiger partial charge in [0.1, 0.15) is 6.61 Å². The lowest BCUT2D eigenvalue weighted by atomic mass is 10.2. The fourth-order valence-electron chi connectivity index (χ4n) is 1.49. The lowest BCUT2D eigenvalue weighted by Crippen LogP contribution is -2.01. The van der Waals surface area contributed by atoms with Crippen LogP contribution < -0.4 is 4.74 Å². The molecule has 0 radical (unpaired) electrons. The number of halogens is 3. The summed E-state index contributed by atoms with van der Waals surface area (Å²) in [5, 5.41) is 0. The third kappa shape index (κ3) is 3.17. The Bertz CT molecular complexity index is 597. The monoisotopic (exact) mass is 326 g/mol. The minimum absolute atomic E-state index is 0.115. The molecule has 0 amide bonds. The predicted octanol–water partition coefficient (Wildman–Crippen LogP) is 4.12. The van der Waals surface area contributed by atoms with Gasteiger partial charge in [0.25, 0.3) is 0 Å². The van der Waals surface area contributed by atoms with Crippen LogP contribution in [0.3, 0.4) is 0 Å². The van der Waals surface area contributed by atoms with Crippen LogP contribution in [0.2, 0.25) is 0 Å². The van der Waals surface area contributed by atoms with Crippen molar-refractivity contribution in [1.29, 1.82) is 0 Å². The molecule has 0 saturated carbocycles. The van der Waals surface area contributed by atoms with E-state index in [0.29, 0.717) is 0 Å². The second-order valence-corrected chi connectivity index (χ2v) is 4.73. The number of rotatable bonds is 4.